The Morgan fingerprint density at radius 1 is 1.04 bits per heavy atom. The van der Waals surface area contributed by atoms with E-state index in [0.29, 0.717) is 18.4 Å². The monoisotopic (exact) mass is 336 g/mol. The molecule has 2 rings (SSSR count). The van der Waals surface area contributed by atoms with Crippen LogP contribution in [0, 0.1) is 10.8 Å². The summed E-state index contributed by atoms with van der Waals surface area (Å²) in [5, 5.41) is 29.3. The molecule has 1 aliphatic heterocycles. The van der Waals surface area contributed by atoms with Gasteiger partial charge in [0.15, 0.2) is 0 Å². The SMILES string of the molecule is CC1(C)C=C(C(=O)NC2CC(C)(C)N([O])C(C)(C)C2)C(C)(C)C1[O]. The molecular formula is C19H32N2O3. The third kappa shape index (κ3) is 3.14. The minimum absolute atomic E-state index is 0.0711. The van der Waals surface area contributed by atoms with Crippen LogP contribution in [0.15, 0.2) is 11.6 Å². The average Bonchev–Trinajstić information content (AvgIpc) is 2.55. The quantitative estimate of drug-likeness (QED) is 0.840. The maximum atomic E-state index is 12.9. The number of nitrogens with zero attached hydrogens (tertiary/aromatic N) is 1. The number of carbonyl (C=O) groups excluding carboxylic acids is 1. The molecule has 0 aromatic rings. The Labute approximate surface area is 146 Å². The Bertz CT molecular complexity index is 543. The third-order valence-corrected chi connectivity index (χ3v) is 5.71. The molecule has 1 amide bonds. The van der Waals surface area contributed by atoms with Crippen LogP contribution in [0.5, 0.6) is 0 Å². The molecule has 2 aliphatic rings. The maximum absolute atomic E-state index is 12.9. The largest absolute Gasteiger partial charge is 0.349 e. The van der Waals surface area contributed by atoms with E-state index in [1.165, 1.54) is 0 Å². The van der Waals surface area contributed by atoms with Gasteiger partial charge in [-0.1, -0.05) is 33.8 Å². The summed E-state index contributed by atoms with van der Waals surface area (Å²) in [6.45, 7) is 15.1. The summed E-state index contributed by atoms with van der Waals surface area (Å²) in [6.07, 6.45) is 2.19. The lowest BCUT2D eigenvalue weighted by Gasteiger charge is -2.50. The molecule has 0 bridgehead atoms. The van der Waals surface area contributed by atoms with Gasteiger partial charge in [-0.25, -0.2) is 5.11 Å². The van der Waals surface area contributed by atoms with Gasteiger partial charge in [0.25, 0.3) is 0 Å². The molecule has 1 fully saturated rings. The van der Waals surface area contributed by atoms with Crippen LogP contribution in [-0.2, 0) is 15.1 Å². The average molecular weight is 336 g/mol. The van der Waals surface area contributed by atoms with E-state index in [1.807, 2.05) is 61.5 Å². The van der Waals surface area contributed by atoms with Gasteiger partial charge in [-0.05, 0) is 40.5 Å². The van der Waals surface area contributed by atoms with E-state index in [0.717, 1.165) is 5.06 Å². The Balaban J connectivity index is 2.19. The second kappa shape index (κ2) is 5.55. The molecule has 0 aromatic heterocycles. The fraction of sp³-hybridized carbons (Fsp3) is 0.842. The molecule has 136 valence electrons. The first kappa shape index (κ1) is 19.4. The number of amides is 1. The third-order valence-electron chi connectivity index (χ3n) is 5.71. The lowest BCUT2D eigenvalue weighted by Crippen LogP contribution is -2.62. The van der Waals surface area contributed by atoms with Crippen molar-refractivity contribution >= 4 is 5.91 Å². The highest BCUT2D eigenvalue weighted by Crippen LogP contribution is 2.48. The van der Waals surface area contributed by atoms with Crippen LogP contribution < -0.4 is 5.32 Å². The number of hydrogen-bond donors (Lipinski definition) is 1. The predicted molar refractivity (Wildman–Crippen MR) is 92.0 cm³/mol. The highest BCUT2D eigenvalue weighted by atomic mass is 16.5. The summed E-state index contributed by atoms with van der Waals surface area (Å²) >= 11 is 0. The van der Waals surface area contributed by atoms with E-state index in [-0.39, 0.29) is 11.9 Å². The highest BCUT2D eigenvalue weighted by molar-refractivity contribution is 5.95. The van der Waals surface area contributed by atoms with Gasteiger partial charge in [0.1, 0.15) is 6.10 Å². The van der Waals surface area contributed by atoms with E-state index >= 15 is 0 Å². The second-order valence-corrected chi connectivity index (χ2v) is 9.98. The summed E-state index contributed by atoms with van der Waals surface area (Å²) < 4.78 is 0. The van der Waals surface area contributed by atoms with Crippen molar-refractivity contribution in [2.75, 3.05) is 0 Å². The molecule has 5 nitrogen and oxygen atoms in total. The van der Waals surface area contributed by atoms with Crippen LogP contribution in [0.4, 0.5) is 0 Å². The van der Waals surface area contributed by atoms with E-state index in [4.69, 9.17) is 0 Å². The lowest BCUT2D eigenvalue weighted by molar-refractivity contribution is -0.289. The van der Waals surface area contributed by atoms with Crippen LogP contribution in [0.2, 0.25) is 0 Å². The molecular weight excluding hydrogens is 304 g/mol. The van der Waals surface area contributed by atoms with Crippen molar-refractivity contribution in [3.8, 4) is 0 Å². The van der Waals surface area contributed by atoms with Crippen LogP contribution in [0.1, 0.15) is 68.2 Å². The van der Waals surface area contributed by atoms with E-state index in [9.17, 15) is 15.1 Å². The maximum Gasteiger partial charge on any atom is 0.247 e. The molecule has 1 unspecified atom stereocenters. The van der Waals surface area contributed by atoms with Crippen LogP contribution in [-0.4, -0.2) is 34.2 Å². The van der Waals surface area contributed by atoms with Gasteiger partial charge in [-0.15, -0.1) is 10.3 Å². The summed E-state index contributed by atoms with van der Waals surface area (Å²) in [5.74, 6) is -0.164. The van der Waals surface area contributed by atoms with Crippen LogP contribution in [0.3, 0.4) is 0 Å². The van der Waals surface area contributed by atoms with E-state index in [1.54, 1.807) is 0 Å². The molecule has 1 aliphatic carbocycles. The zero-order chi connectivity index (χ0) is 18.7. The molecule has 0 spiro atoms. The van der Waals surface area contributed by atoms with Crippen molar-refractivity contribution in [1.82, 2.24) is 10.4 Å². The smallest absolute Gasteiger partial charge is 0.247 e. The van der Waals surface area contributed by atoms with Crippen molar-refractivity contribution in [3.05, 3.63) is 11.6 Å². The van der Waals surface area contributed by atoms with Crippen LogP contribution in [0.25, 0.3) is 0 Å². The number of hydroxylamine groups is 2. The predicted octanol–water partition coefficient (Wildman–Crippen LogP) is 3.26. The van der Waals surface area contributed by atoms with Gasteiger partial charge in [0.05, 0.1) is 0 Å². The first-order chi connectivity index (χ1) is 10.6. The number of rotatable bonds is 2. The summed E-state index contributed by atoms with van der Waals surface area (Å²) in [6, 6.07) is -0.0711. The number of piperidine rings is 1. The molecule has 24 heavy (non-hydrogen) atoms. The van der Waals surface area contributed by atoms with Crippen molar-refractivity contribution in [1.29, 1.82) is 0 Å². The summed E-state index contributed by atoms with van der Waals surface area (Å²) in [4.78, 5) is 12.9. The Morgan fingerprint density at radius 2 is 1.50 bits per heavy atom. The molecule has 1 N–H and O–H groups in total. The van der Waals surface area contributed by atoms with Crippen LogP contribution >= 0.6 is 0 Å². The summed E-state index contributed by atoms with van der Waals surface area (Å²) in [5.41, 5.74) is -1.71. The van der Waals surface area contributed by atoms with E-state index in [2.05, 4.69) is 5.32 Å². The van der Waals surface area contributed by atoms with Gasteiger partial charge >= 0.3 is 0 Å². The van der Waals surface area contributed by atoms with E-state index < -0.39 is 28.0 Å². The fourth-order valence-corrected chi connectivity index (χ4v) is 4.69. The van der Waals surface area contributed by atoms with Crippen molar-refractivity contribution in [2.24, 2.45) is 10.8 Å². The minimum Gasteiger partial charge on any atom is -0.349 e. The normalized spacial score (nSPS) is 31.6. The molecule has 1 saturated heterocycles. The molecule has 5 heteroatoms. The molecule has 0 aromatic carbocycles. The topological polar surface area (TPSA) is 72.1 Å². The molecule has 1 heterocycles. The van der Waals surface area contributed by atoms with Gasteiger partial charge in [-0.2, -0.15) is 0 Å². The molecule has 2 radical (unpaired) electrons. The molecule has 0 saturated carbocycles. The zero-order valence-electron chi connectivity index (χ0n) is 16.3. The van der Waals surface area contributed by atoms with Crippen molar-refractivity contribution < 1.29 is 15.1 Å². The first-order valence-corrected chi connectivity index (χ1v) is 8.79. The number of carbonyl (C=O) groups is 1. The Morgan fingerprint density at radius 3 is 1.88 bits per heavy atom. The first-order valence-electron chi connectivity index (χ1n) is 8.79. The lowest BCUT2D eigenvalue weighted by atomic mass is 9.76. The number of nitrogens with one attached hydrogen (secondary N) is 1. The van der Waals surface area contributed by atoms with Crippen molar-refractivity contribution in [3.63, 3.8) is 0 Å². The summed E-state index contributed by atoms with van der Waals surface area (Å²) in [7, 11) is 0. The Hall–Kier alpha value is -0.910. The fourth-order valence-electron chi connectivity index (χ4n) is 4.69. The van der Waals surface area contributed by atoms with Gasteiger partial charge in [0.2, 0.25) is 5.91 Å². The molecule has 1 atom stereocenters. The van der Waals surface area contributed by atoms with Gasteiger partial charge in [-0.3, -0.25) is 4.79 Å². The minimum atomic E-state index is -0.845. The number of hydrogen-bond acceptors (Lipinski definition) is 2. The Kier molecular flexibility index (Phi) is 4.49. The standard InChI is InChI=1S/C19H32N2O3/c1-16(2)11-13(19(7,8)15(16)23)14(22)20-12-9-17(3,4)21(24)18(5,6)10-12/h11-12,15H,9-10H2,1-8H3,(H,20,22). The second-order valence-electron chi connectivity index (χ2n) is 9.98. The van der Waals surface area contributed by atoms with Crippen molar-refractivity contribution in [2.45, 2.75) is 91.5 Å². The van der Waals surface area contributed by atoms with Gasteiger partial charge in [0, 0.05) is 33.5 Å². The zero-order valence-corrected chi connectivity index (χ0v) is 16.3. The van der Waals surface area contributed by atoms with Gasteiger partial charge < -0.3 is 5.32 Å². The highest BCUT2D eigenvalue weighted by Gasteiger charge is 2.51.